The van der Waals surface area contributed by atoms with E-state index >= 15 is 0 Å². The normalized spacial score (nSPS) is 17.4. The number of rotatable bonds is 10. The van der Waals surface area contributed by atoms with Crippen molar-refractivity contribution in [1.82, 2.24) is 48.1 Å². The molecule has 2 atom stereocenters. The predicted octanol–water partition coefficient (Wildman–Crippen LogP) is 4.99. The molecule has 296 valence electrons. The summed E-state index contributed by atoms with van der Waals surface area (Å²) in [5.74, 6) is -0.844. The summed E-state index contributed by atoms with van der Waals surface area (Å²) in [6.07, 6.45) is 13.4. The molecule has 6 aromatic heterocycles. The molecular weight excluding hydrogens is 781 g/mol. The topological polar surface area (TPSA) is 224 Å². The summed E-state index contributed by atoms with van der Waals surface area (Å²) in [5.41, 5.74) is 3.56. The highest BCUT2D eigenvalue weighted by atomic mass is 32.2. The van der Waals surface area contributed by atoms with Crippen LogP contribution in [0.2, 0.25) is 0 Å². The molecule has 0 unspecified atom stereocenters. The Morgan fingerprint density at radius 2 is 1.10 bits per heavy atom. The maximum atomic E-state index is 12.2. The standard InChI is InChI=1S/2C19H19N7O2S/c2*1-4-29(27,28)25-11-19(12-25,13(2)7-20)26-10-14(8-24-26)17-15-5-6-22-18(15)23-9-16(17)21-3/h2*5-6,8-10,13H,4,11-12H2,1-2H3,(H,22,23)/t2*13-/m10/s1. The molecule has 8 rings (SSSR count). The van der Waals surface area contributed by atoms with Crippen LogP contribution in [0.3, 0.4) is 0 Å². The van der Waals surface area contributed by atoms with Crippen LogP contribution in [0.4, 0.5) is 11.4 Å². The maximum Gasteiger partial charge on any atom is 0.213 e. The molecule has 0 bridgehead atoms. The van der Waals surface area contributed by atoms with Crippen molar-refractivity contribution >= 4 is 53.5 Å². The minimum Gasteiger partial charge on any atom is -0.346 e. The summed E-state index contributed by atoms with van der Waals surface area (Å²) < 4.78 is 55.0. The van der Waals surface area contributed by atoms with Gasteiger partial charge in [-0.1, -0.05) is 0 Å². The lowest BCUT2D eigenvalue weighted by atomic mass is 9.80. The number of pyridine rings is 2. The number of nitriles is 2. The molecule has 58 heavy (non-hydrogen) atoms. The van der Waals surface area contributed by atoms with E-state index in [1.165, 1.54) is 21.0 Å². The van der Waals surface area contributed by atoms with E-state index in [0.717, 1.165) is 33.0 Å². The molecule has 8 heterocycles. The molecule has 18 nitrogen and oxygen atoms in total. The molecule has 0 amide bonds. The Morgan fingerprint density at radius 3 is 1.43 bits per heavy atom. The van der Waals surface area contributed by atoms with Crippen LogP contribution in [-0.2, 0) is 31.1 Å². The third kappa shape index (κ3) is 6.37. The van der Waals surface area contributed by atoms with Gasteiger partial charge in [0.1, 0.15) is 22.4 Å². The Labute approximate surface area is 335 Å². The fraction of sp³-hybridized carbons (Fsp3) is 0.368. The highest BCUT2D eigenvalue weighted by molar-refractivity contribution is 7.89. The first-order valence-corrected chi connectivity index (χ1v) is 21.5. The molecule has 2 saturated heterocycles. The second-order valence-corrected chi connectivity index (χ2v) is 18.8. The van der Waals surface area contributed by atoms with E-state index in [1.807, 2.05) is 12.1 Å². The number of aromatic nitrogens is 8. The van der Waals surface area contributed by atoms with Gasteiger partial charge in [-0.05, 0) is 39.8 Å². The van der Waals surface area contributed by atoms with Crippen LogP contribution in [0.5, 0.6) is 0 Å². The van der Waals surface area contributed by atoms with E-state index in [-0.39, 0.29) is 37.7 Å². The average molecular weight is 819 g/mol. The third-order valence-corrected chi connectivity index (χ3v) is 14.9. The van der Waals surface area contributed by atoms with Crippen molar-refractivity contribution in [2.75, 3.05) is 37.7 Å². The van der Waals surface area contributed by atoms with Crippen LogP contribution >= 0.6 is 0 Å². The zero-order chi connectivity index (χ0) is 41.6. The molecule has 0 aromatic carbocycles. The Morgan fingerprint density at radius 1 is 0.724 bits per heavy atom. The summed E-state index contributed by atoms with van der Waals surface area (Å²) in [6, 6.07) is 8.21. The van der Waals surface area contributed by atoms with Gasteiger partial charge in [0.2, 0.25) is 31.4 Å². The lowest BCUT2D eigenvalue weighted by Crippen LogP contribution is -2.67. The molecule has 0 saturated carbocycles. The summed E-state index contributed by atoms with van der Waals surface area (Å²) in [5, 5.41) is 29.7. The van der Waals surface area contributed by atoms with Crippen LogP contribution in [0.1, 0.15) is 27.7 Å². The average Bonchev–Trinajstić information content (AvgIpc) is 4.04. The Balaban J connectivity index is 0.000000177. The fourth-order valence-electron chi connectivity index (χ4n) is 7.52. The quantitative estimate of drug-likeness (QED) is 0.176. The minimum atomic E-state index is -3.33. The number of hydrogen-bond acceptors (Lipinski definition) is 10. The van der Waals surface area contributed by atoms with Crippen molar-refractivity contribution in [3.63, 3.8) is 0 Å². The van der Waals surface area contributed by atoms with E-state index < -0.39 is 43.0 Å². The number of hydrogen-bond donors (Lipinski definition) is 2. The number of H-pyrrole nitrogens is 2. The van der Waals surface area contributed by atoms with Crippen LogP contribution < -0.4 is 0 Å². The van der Waals surface area contributed by atoms with Gasteiger partial charge < -0.3 is 9.97 Å². The fourth-order valence-corrected chi connectivity index (χ4v) is 9.94. The van der Waals surface area contributed by atoms with Gasteiger partial charge >= 0.3 is 0 Å². The lowest BCUT2D eigenvalue weighted by molar-refractivity contribution is 0.0357. The number of aromatic amines is 2. The first-order valence-electron chi connectivity index (χ1n) is 18.3. The summed E-state index contributed by atoms with van der Waals surface area (Å²) in [4.78, 5) is 21.8. The van der Waals surface area contributed by atoms with Crippen molar-refractivity contribution in [3.05, 3.63) is 84.5 Å². The molecular formula is C38H38N14O4S2. The minimum absolute atomic E-state index is 0.0191. The Hall–Kier alpha value is -6.42. The first-order chi connectivity index (χ1) is 27.7. The number of sulfonamides is 2. The number of nitrogens with one attached hydrogen (secondary N) is 2. The Kier molecular flexibility index (Phi) is 10.2. The van der Waals surface area contributed by atoms with Gasteiger partial charge in [-0.3, -0.25) is 19.3 Å². The molecule has 0 radical (unpaired) electrons. The lowest BCUT2D eigenvalue weighted by Gasteiger charge is -2.50. The largest absolute Gasteiger partial charge is 0.346 e. The molecule has 2 aliphatic heterocycles. The highest BCUT2D eigenvalue weighted by Gasteiger charge is 2.54. The zero-order valence-corrected chi connectivity index (χ0v) is 33.6. The zero-order valence-electron chi connectivity index (χ0n) is 32.0. The van der Waals surface area contributed by atoms with Gasteiger partial charge in [0.25, 0.3) is 0 Å². The van der Waals surface area contributed by atoms with Crippen molar-refractivity contribution in [2.45, 2.75) is 38.8 Å². The smallest absolute Gasteiger partial charge is 0.213 e. The molecule has 0 aliphatic carbocycles. The predicted molar refractivity (Wildman–Crippen MR) is 215 cm³/mol. The molecule has 0 spiro atoms. The van der Waals surface area contributed by atoms with E-state index in [9.17, 15) is 27.4 Å². The van der Waals surface area contributed by atoms with Crippen molar-refractivity contribution in [2.24, 2.45) is 11.8 Å². The van der Waals surface area contributed by atoms with Gasteiger partial charge in [-0.25, -0.2) is 26.5 Å². The van der Waals surface area contributed by atoms with Crippen LogP contribution in [-0.4, -0.2) is 103 Å². The van der Waals surface area contributed by atoms with E-state index in [4.69, 9.17) is 13.1 Å². The highest BCUT2D eigenvalue weighted by Crippen LogP contribution is 2.43. The van der Waals surface area contributed by atoms with Gasteiger partial charge in [-0.2, -0.15) is 29.3 Å². The molecule has 2 N–H and O–H groups in total. The van der Waals surface area contributed by atoms with Gasteiger partial charge in [0, 0.05) is 96.4 Å². The van der Waals surface area contributed by atoms with Crippen molar-refractivity contribution in [1.29, 1.82) is 10.5 Å². The van der Waals surface area contributed by atoms with Gasteiger partial charge in [0.05, 0.1) is 61.0 Å². The van der Waals surface area contributed by atoms with E-state index in [1.54, 1.807) is 74.2 Å². The number of nitrogens with zero attached hydrogens (tertiary/aromatic N) is 12. The summed E-state index contributed by atoms with van der Waals surface area (Å²) in [6.45, 7) is 22.5. The Bertz CT molecular complexity index is 2740. The second-order valence-electron chi connectivity index (χ2n) is 14.3. The van der Waals surface area contributed by atoms with Crippen molar-refractivity contribution < 1.29 is 16.8 Å². The van der Waals surface area contributed by atoms with Crippen LogP contribution in [0.15, 0.2) is 61.7 Å². The summed E-state index contributed by atoms with van der Waals surface area (Å²) in [7, 11) is -6.66. The molecule has 6 aromatic rings. The maximum absolute atomic E-state index is 12.2. The van der Waals surface area contributed by atoms with E-state index in [0.29, 0.717) is 22.7 Å². The second kappa shape index (κ2) is 14.8. The molecule has 2 fully saturated rings. The van der Waals surface area contributed by atoms with Crippen LogP contribution in [0, 0.1) is 47.6 Å². The van der Waals surface area contributed by atoms with Gasteiger partial charge in [0.15, 0.2) is 0 Å². The molecule has 20 heteroatoms. The van der Waals surface area contributed by atoms with E-state index in [2.05, 4.69) is 52.0 Å². The third-order valence-electron chi connectivity index (χ3n) is 11.3. The first kappa shape index (κ1) is 39.8. The number of fused-ring (bicyclic) bond motifs is 2. The summed E-state index contributed by atoms with van der Waals surface area (Å²) >= 11 is 0. The monoisotopic (exact) mass is 818 g/mol. The SMILES string of the molecule is [C-]#[N+]c1cnc2[nH]ccc2c1-c1cnn(C2([C@@H](C)C#N)CN(S(=O)(=O)CC)C2)c1.[C-]#[N+]c1cnc2[nH]ccc2c1-c1cnn(C2([C@H](C)C#N)CN(S(=O)(=O)CC)C2)c1. The van der Waals surface area contributed by atoms with Crippen molar-refractivity contribution in [3.8, 4) is 34.4 Å². The molecule has 2 aliphatic rings. The van der Waals surface area contributed by atoms with Crippen LogP contribution in [0.25, 0.3) is 54.0 Å². The van der Waals surface area contributed by atoms with Gasteiger partial charge in [-0.15, -0.1) is 0 Å².